The third kappa shape index (κ3) is 1.98. The first-order chi connectivity index (χ1) is 7.72. The number of hydrogen-bond donors (Lipinski definition) is 0. The highest BCUT2D eigenvalue weighted by Crippen LogP contribution is 2.31. The summed E-state index contributed by atoms with van der Waals surface area (Å²) < 4.78 is 18.2. The molecule has 0 unspecified atom stereocenters. The third-order valence-electron chi connectivity index (χ3n) is 2.59. The Hall–Kier alpha value is -1.64. The topological polar surface area (TPSA) is 26.3 Å². The van der Waals surface area contributed by atoms with Gasteiger partial charge in [0, 0.05) is 12.8 Å². The van der Waals surface area contributed by atoms with Crippen LogP contribution in [0.4, 0.5) is 4.39 Å². The molecule has 1 aliphatic rings. The monoisotopic (exact) mass is 220 g/mol. The largest absolute Gasteiger partial charge is 0.497 e. The summed E-state index contributed by atoms with van der Waals surface area (Å²) in [4.78, 5) is 11.7. The second-order valence-electron chi connectivity index (χ2n) is 3.66. The molecule has 0 bridgehead atoms. The molecular formula is C13H13FO2. The maximum Gasteiger partial charge on any atom is 0.167 e. The zero-order valence-electron chi connectivity index (χ0n) is 9.13. The van der Waals surface area contributed by atoms with E-state index in [0.29, 0.717) is 25.0 Å². The van der Waals surface area contributed by atoms with Gasteiger partial charge in [0.05, 0.1) is 12.2 Å². The molecule has 0 spiro atoms. The average molecular weight is 220 g/mol. The van der Waals surface area contributed by atoms with Crippen molar-refractivity contribution in [2.45, 2.75) is 19.8 Å². The Kier molecular flexibility index (Phi) is 3.04. The molecule has 0 saturated carbocycles. The number of benzene rings is 1. The fraction of sp³-hybridized carbons (Fsp3) is 0.308. The summed E-state index contributed by atoms with van der Waals surface area (Å²) in [5, 5.41) is 0. The molecule has 0 atom stereocenters. The minimum atomic E-state index is -0.298. The van der Waals surface area contributed by atoms with Gasteiger partial charge in [0.1, 0.15) is 11.6 Å². The van der Waals surface area contributed by atoms with Gasteiger partial charge >= 0.3 is 0 Å². The van der Waals surface area contributed by atoms with Crippen LogP contribution in [0, 0.1) is 5.82 Å². The van der Waals surface area contributed by atoms with Crippen LogP contribution in [0.5, 0.6) is 0 Å². The summed E-state index contributed by atoms with van der Waals surface area (Å²) in [6, 6.07) is 5.95. The Labute approximate surface area is 93.7 Å². The predicted molar refractivity (Wildman–Crippen MR) is 59.2 cm³/mol. The van der Waals surface area contributed by atoms with Crippen LogP contribution in [0.15, 0.2) is 30.0 Å². The van der Waals surface area contributed by atoms with E-state index in [1.54, 1.807) is 12.1 Å². The number of allylic oxidation sites excluding steroid dienone is 2. The van der Waals surface area contributed by atoms with Crippen LogP contribution in [-0.4, -0.2) is 12.4 Å². The molecule has 84 valence electrons. The van der Waals surface area contributed by atoms with Gasteiger partial charge in [0.25, 0.3) is 0 Å². The SMILES string of the molecule is CCOC1=C(c2ccc(F)cc2)C(=O)CC1. The van der Waals surface area contributed by atoms with Gasteiger partial charge in [-0.05, 0) is 24.6 Å². The summed E-state index contributed by atoms with van der Waals surface area (Å²) in [6.45, 7) is 2.44. The van der Waals surface area contributed by atoms with Crippen molar-refractivity contribution in [3.63, 3.8) is 0 Å². The standard InChI is InChI=1S/C13H13FO2/c1-2-16-12-8-7-11(15)13(12)9-3-5-10(14)6-4-9/h3-6H,2,7-8H2,1H3. The van der Waals surface area contributed by atoms with Gasteiger partial charge < -0.3 is 4.74 Å². The molecule has 0 aliphatic heterocycles. The summed E-state index contributed by atoms with van der Waals surface area (Å²) >= 11 is 0. The number of carbonyl (C=O) groups is 1. The predicted octanol–water partition coefficient (Wildman–Crippen LogP) is 2.94. The summed E-state index contributed by atoms with van der Waals surface area (Å²) in [7, 11) is 0. The number of halogens is 1. The molecule has 0 saturated heterocycles. The molecule has 0 aromatic heterocycles. The van der Waals surface area contributed by atoms with Crippen molar-refractivity contribution in [2.24, 2.45) is 0 Å². The molecule has 2 rings (SSSR count). The van der Waals surface area contributed by atoms with E-state index in [2.05, 4.69) is 0 Å². The first kappa shape index (κ1) is 10.9. The lowest BCUT2D eigenvalue weighted by Gasteiger charge is -2.07. The minimum absolute atomic E-state index is 0.0788. The highest BCUT2D eigenvalue weighted by molar-refractivity contribution is 6.23. The van der Waals surface area contributed by atoms with Gasteiger partial charge in [-0.2, -0.15) is 0 Å². The van der Waals surface area contributed by atoms with Crippen LogP contribution < -0.4 is 0 Å². The van der Waals surface area contributed by atoms with Crippen LogP contribution in [0.25, 0.3) is 5.57 Å². The fourth-order valence-corrected chi connectivity index (χ4v) is 1.89. The highest BCUT2D eigenvalue weighted by Gasteiger charge is 2.25. The quantitative estimate of drug-likeness (QED) is 0.782. The second-order valence-corrected chi connectivity index (χ2v) is 3.66. The van der Waals surface area contributed by atoms with E-state index in [4.69, 9.17) is 4.74 Å². The molecule has 16 heavy (non-hydrogen) atoms. The molecule has 0 heterocycles. The molecule has 1 aliphatic carbocycles. The number of carbonyl (C=O) groups excluding carboxylic acids is 1. The normalized spacial score (nSPS) is 15.8. The van der Waals surface area contributed by atoms with Crippen LogP contribution in [0.2, 0.25) is 0 Å². The summed E-state index contributed by atoms with van der Waals surface area (Å²) in [5.41, 5.74) is 1.36. The number of rotatable bonds is 3. The van der Waals surface area contributed by atoms with Gasteiger partial charge in [0.2, 0.25) is 0 Å². The zero-order chi connectivity index (χ0) is 11.5. The van der Waals surface area contributed by atoms with Crippen molar-refractivity contribution in [2.75, 3.05) is 6.61 Å². The minimum Gasteiger partial charge on any atom is -0.497 e. The Bertz CT molecular complexity index is 432. The van der Waals surface area contributed by atoms with Gasteiger partial charge in [-0.15, -0.1) is 0 Å². The Morgan fingerprint density at radius 1 is 1.25 bits per heavy atom. The first-order valence-corrected chi connectivity index (χ1v) is 5.37. The Morgan fingerprint density at radius 3 is 2.56 bits per heavy atom. The van der Waals surface area contributed by atoms with Crippen LogP contribution in [0.3, 0.4) is 0 Å². The van der Waals surface area contributed by atoms with Crippen LogP contribution >= 0.6 is 0 Å². The molecule has 0 amide bonds. The average Bonchev–Trinajstić information content (AvgIpc) is 2.62. The van der Waals surface area contributed by atoms with Gasteiger partial charge in [-0.3, -0.25) is 4.79 Å². The van der Waals surface area contributed by atoms with Gasteiger partial charge in [-0.1, -0.05) is 12.1 Å². The van der Waals surface area contributed by atoms with E-state index in [1.807, 2.05) is 6.92 Å². The number of Topliss-reactive ketones (excluding diaryl/α,β-unsaturated/α-hetero) is 1. The van der Waals surface area contributed by atoms with Crippen molar-refractivity contribution in [1.82, 2.24) is 0 Å². The molecule has 0 fully saturated rings. The van der Waals surface area contributed by atoms with Crippen molar-refractivity contribution >= 4 is 11.4 Å². The van der Waals surface area contributed by atoms with Gasteiger partial charge in [0.15, 0.2) is 5.78 Å². The molecule has 1 aromatic carbocycles. The third-order valence-corrected chi connectivity index (χ3v) is 2.59. The van der Waals surface area contributed by atoms with E-state index >= 15 is 0 Å². The fourth-order valence-electron chi connectivity index (χ4n) is 1.89. The maximum atomic E-state index is 12.8. The number of hydrogen-bond acceptors (Lipinski definition) is 2. The zero-order valence-corrected chi connectivity index (χ0v) is 9.13. The second kappa shape index (κ2) is 4.47. The lowest BCUT2D eigenvalue weighted by atomic mass is 10.0. The molecule has 3 heteroatoms. The van der Waals surface area contributed by atoms with Crippen LogP contribution in [-0.2, 0) is 9.53 Å². The number of ether oxygens (including phenoxy) is 1. The van der Waals surface area contributed by atoms with E-state index in [9.17, 15) is 9.18 Å². The van der Waals surface area contributed by atoms with Gasteiger partial charge in [-0.25, -0.2) is 4.39 Å². The van der Waals surface area contributed by atoms with Crippen LogP contribution in [0.1, 0.15) is 25.3 Å². The van der Waals surface area contributed by atoms with E-state index < -0.39 is 0 Å². The Morgan fingerprint density at radius 2 is 1.94 bits per heavy atom. The molecular weight excluding hydrogens is 207 g/mol. The van der Waals surface area contributed by atoms with Crippen molar-refractivity contribution in [3.8, 4) is 0 Å². The molecule has 0 radical (unpaired) electrons. The molecule has 1 aromatic rings. The summed E-state index contributed by atoms with van der Waals surface area (Å²) in [5.74, 6) is 0.516. The molecule has 2 nitrogen and oxygen atoms in total. The van der Waals surface area contributed by atoms with Crippen molar-refractivity contribution in [1.29, 1.82) is 0 Å². The molecule has 0 N–H and O–H groups in total. The van der Waals surface area contributed by atoms with E-state index in [-0.39, 0.29) is 11.6 Å². The van der Waals surface area contributed by atoms with E-state index in [0.717, 1.165) is 11.3 Å². The van der Waals surface area contributed by atoms with Crippen molar-refractivity contribution < 1.29 is 13.9 Å². The summed E-state index contributed by atoms with van der Waals surface area (Å²) in [6.07, 6.45) is 1.14. The number of ketones is 1. The lowest BCUT2D eigenvalue weighted by molar-refractivity contribution is -0.113. The first-order valence-electron chi connectivity index (χ1n) is 5.37. The van der Waals surface area contributed by atoms with Crippen molar-refractivity contribution in [3.05, 3.63) is 41.4 Å². The lowest BCUT2D eigenvalue weighted by Crippen LogP contribution is -1.97. The smallest absolute Gasteiger partial charge is 0.167 e. The Balaban J connectivity index is 2.39. The van der Waals surface area contributed by atoms with E-state index in [1.165, 1.54) is 12.1 Å². The maximum absolute atomic E-state index is 12.8. The highest BCUT2D eigenvalue weighted by atomic mass is 19.1.